The standard InChI is InChI=1S/C11H8F2N2O3/c1-2-18-11(17)6-4-14-8-5(9(6)16)3-7(12)15-10(8)13/h3-4H,2H2,1H3,(H,14,16). The van der Waals surface area contributed by atoms with Gasteiger partial charge in [-0.25, -0.2) is 4.79 Å². The molecular weight excluding hydrogens is 246 g/mol. The second kappa shape index (κ2) is 4.52. The first kappa shape index (κ1) is 12.2. The Bertz CT molecular complexity index is 682. The molecule has 2 aromatic heterocycles. The molecule has 0 unspecified atom stereocenters. The summed E-state index contributed by atoms with van der Waals surface area (Å²) in [5, 5.41) is -0.287. The van der Waals surface area contributed by atoms with Gasteiger partial charge in [0.25, 0.3) is 0 Å². The van der Waals surface area contributed by atoms with Crippen LogP contribution >= 0.6 is 0 Å². The van der Waals surface area contributed by atoms with Crippen LogP contribution in [-0.4, -0.2) is 22.5 Å². The molecule has 2 aromatic rings. The number of nitrogens with one attached hydrogen (secondary N) is 1. The number of nitrogens with zero attached hydrogens (tertiary/aromatic N) is 1. The Hall–Kier alpha value is -2.31. The van der Waals surface area contributed by atoms with Crippen molar-refractivity contribution in [2.24, 2.45) is 0 Å². The van der Waals surface area contributed by atoms with E-state index in [0.717, 1.165) is 12.3 Å². The van der Waals surface area contributed by atoms with Gasteiger partial charge in [0.05, 0.1) is 12.0 Å². The molecule has 0 aliphatic rings. The number of pyridine rings is 2. The van der Waals surface area contributed by atoms with Gasteiger partial charge in [-0.2, -0.15) is 13.8 Å². The molecular formula is C11H8F2N2O3. The van der Waals surface area contributed by atoms with Crippen LogP contribution in [0.1, 0.15) is 17.3 Å². The zero-order valence-corrected chi connectivity index (χ0v) is 9.29. The summed E-state index contributed by atoms with van der Waals surface area (Å²) in [5.41, 5.74) is -1.37. The molecule has 0 aliphatic carbocycles. The summed E-state index contributed by atoms with van der Waals surface area (Å²) in [6.45, 7) is 1.67. The summed E-state index contributed by atoms with van der Waals surface area (Å²) in [7, 11) is 0. The number of aromatic amines is 1. The van der Waals surface area contributed by atoms with Gasteiger partial charge in [0.1, 0.15) is 11.1 Å². The first-order valence-electron chi connectivity index (χ1n) is 5.09. The van der Waals surface area contributed by atoms with E-state index in [9.17, 15) is 18.4 Å². The van der Waals surface area contributed by atoms with Gasteiger partial charge in [0.15, 0.2) is 0 Å². The minimum atomic E-state index is -1.14. The predicted molar refractivity (Wildman–Crippen MR) is 58.2 cm³/mol. The third-order valence-corrected chi connectivity index (χ3v) is 2.29. The maximum Gasteiger partial charge on any atom is 0.343 e. The van der Waals surface area contributed by atoms with Crippen molar-refractivity contribution in [1.29, 1.82) is 0 Å². The molecule has 0 spiro atoms. The van der Waals surface area contributed by atoms with E-state index in [-0.39, 0.29) is 23.1 Å². The van der Waals surface area contributed by atoms with E-state index >= 15 is 0 Å². The fraction of sp³-hybridized carbons (Fsp3) is 0.182. The van der Waals surface area contributed by atoms with Gasteiger partial charge in [-0.1, -0.05) is 0 Å². The predicted octanol–water partition coefficient (Wildman–Crippen LogP) is 1.38. The first-order chi connectivity index (χ1) is 8.54. The van der Waals surface area contributed by atoms with E-state index in [0.29, 0.717) is 0 Å². The van der Waals surface area contributed by atoms with Gasteiger partial charge in [-0.15, -0.1) is 0 Å². The molecule has 0 fully saturated rings. The molecule has 0 bridgehead atoms. The maximum atomic E-state index is 13.3. The summed E-state index contributed by atoms with van der Waals surface area (Å²) in [6, 6.07) is 0.764. The Kier molecular flexibility index (Phi) is 3.05. The average molecular weight is 254 g/mol. The molecule has 94 valence electrons. The van der Waals surface area contributed by atoms with E-state index in [2.05, 4.69) is 14.7 Å². The van der Waals surface area contributed by atoms with Crippen LogP contribution in [0.5, 0.6) is 0 Å². The number of hydrogen-bond donors (Lipinski definition) is 1. The lowest BCUT2D eigenvalue weighted by Gasteiger charge is -2.03. The van der Waals surface area contributed by atoms with E-state index < -0.39 is 23.3 Å². The minimum Gasteiger partial charge on any atom is -0.462 e. The topological polar surface area (TPSA) is 72.1 Å². The summed E-state index contributed by atoms with van der Waals surface area (Å²) in [4.78, 5) is 28.6. The lowest BCUT2D eigenvalue weighted by molar-refractivity contribution is 0.0524. The lowest BCUT2D eigenvalue weighted by Crippen LogP contribution is -2.19. The zero-order chi connectivity index (χ0) is 13.3. The zero-order valence-electron chi connectivity index (χ0n) is 9.29. The van der Waals surface area contributed by atoms with Crippen molar-refractivity contribution in [1.82, 2.24) is 9.97 Å². The average Bonchev–Trinajstić information content (AvgIpc) is 2.30. The van der Waals surface area contributed by atoms with Gasteiger partial charge in [-0.3, -0.25) is 4.79 Å². The van der Waals surface area contributed by atoms with Crippen molar-refractivity contribution in [2.75, 3.05) is 6.61 Å². The van der Waals surface area contributed by atoms with Gasteiger partial charge in [-0.05, 0) is 6.92 Å². The Morgan fingerprint density at radius 3 is 2.89 bits per heavy atom. The Balaban J connectivity index is 2.71. The lowest BCUT2D eigenvalue weighted by atomic mass is 10.2. The van der Waals surface area contributed by atoms with Crippen LogP contribution in [0.15, 0.2) is 17.1 Å². The summed E-state index contributed by atoms with van der Waals surface area (Å²) < 4.78 is 30.9. The summed E-state index contributed by atoms with van der Waals surface area (Å²) in [6.07, 6.45) is 1.02. The highest BCUT2D eigenvalue weighted by atomic mass is 19.1. The molecule has 0 saturated carbocycles. The molecule has 2 rings (SSSR count). The van der Waals surface area contributed by atoms with Crippen molar-refractivity contribution in [3.05, 3.63) is 39.9 Å². The van der Waals surface area contributed by atoms with Crippen molar-refractivity contribution in [3.8, 4) is 0 Å². The smallest absolute Gasteiger partial charge is 0.343 e. The minimum absolute atomic E-state index is 0.0926. The highest BCUT2D eigenvalue weighted by molar-refractivity contribution is 5.93. The van der Waals surface area contributed by atoms with Crippen LogP contribution in [0.25, 0.3) is 10.9 Å². The number of carbonyl (C=O) groups excluding carboxylic acids is 1. The summed E-state index contributed by atoms with van der Waals surface area (Å²) in [5.74, 6) is -3.12. The highest BCUT2D eigenvalue weighted by Crippen LogP contribution is 2.12. The number of rotatable bonds is 2. The van der Waals surface area contributed by atoms with Crippen LogP contribution in [0.4, 0.5) is 8.78 Å². The molecule has 2 heterocycles. The highest BCUT2D eigenvalue weighted by Gasteiger charge is 2.16. The SMILES string of the molecule is CCOC(=O)c1c[nH]c2c(F)nc(F)cc2c1=O. The number of hydrogen-bond acceptors (Lipinski definition) is 4. The Morgan fingerprint density at radius 1 is 1.50 bits per heavy atom. The fourth-order valence-electron chi connectivity index (χ4n) is 1.52. The van der Waals surface area contributed by atoms with Crippen LogP contribution < -0.4 is 5.43 Å². The third kappa shape index (κ3) is 1.94. The van der Waals surface area contributed by atoms with E-state index in [1.807, 2.05) is 0 Å². The van der Waals surface area contributed by atoms with Crippen LogP contribution in [0.3, 0.4) is 0 Å². The molecule has 0 amide bonds. The van der Waals surface area contributed by atoms with Crippen LogP contribution in [0, 0.1) is 11.9 Å². The van der Waals surface area contributed by atoms with Gasteiger partial charge in [0.2, 0.25) is 17.3 Å². The van der Waals surface area contributed by atoms with Gasteiger partial charge in [0, 0.05) is 12.3 Å². The number of aromatic nitrogens is 2. The Morgan fingerprint density at radius 2 is 2.22 bits per heavy atom. The Labute approximate surface area is 99.4 Å². The number of esters is 1. The van der Waals surface area contributed by atoms with Gasteiger partial charge >= 0.3 is 5.97 Å². The van der Waals surface area contributed by atoms with E-state index in [1.165, 1.54) is 0 Å². The van der Waals surface area contributed by atoms with E-state index in [4.69, 9.17) is 0 Å². The molecule has 1 N–H and O–H groups in total. The van der Waals surface area contributed by atoms with Crippen molar-refractivity contribution < 1.29 is 18.3 Å². The molecule has 7 heteroatoms. The molecule has 0 aliphatic heterocycles. The quantitative estimate of drug-likeness (QED) is 0.649. The third-order valence-electron chi connectivity index (χ3n) is 2.29. The fourth-order valence-corrected chi connectivity index (χ4v) is 1.52. The number of H-pyrrole nitrogens is 1. The molecule has 0 radical (unpaired) electrons. The molecule has 5 nitrogen and oxygen atoms in total. The number of halogens is 2. The number of carbonyl (C=O) groups is 1. The second-order valence-corrected chi connectivity index (χ2v) is 3.41. The normalized spacial score (nSPS) is 10.6. The number of ether oxygens (including phenoxy) is 1. The summed E-state index contributed by atoms with van der Waals surface area (Å²) >= 11 is 0. The number of fused-ring (bicyclic) bond motifs is 1. The molecule has 0 aromatic carbocycles. The van der Waals surface area contributed by atoms with Crippen molar-refractivity contribution >= 4 is 16.9 Å². The van der Waals surface area contributed by atoms with E-state index in [1.54, 1.807) is 6.92 Å². The molecule has 0 atom stereocenters. The second-order valence-electron chi connectivity index (χ2n) is 3.41. The van der Waals surface area contributed by atoms with Crippen molar-refractivity contribution in [2.45, 2.75) is 6.92 Å². The first-order valence-corrected chi connectivity index (χ1v) is 5.09. The monoisotopic (exact) mass is 254 g/mol. The van der Waals surface area contributed by atoms with Gasteiger partial charge < -0.3 is 9.72 Å². The largest absolute Gasteiger partial charge is 0.462 e. The van der Waals surface area contributed by atoms with Crippen LogP contribution in [-0.2, 0) is 4.74 Å². The van der Waals surface area contributed by atoms with Crippen LogP contribution in [0.2, 0.25) is 0 Å². The maximum absolute atomic E-state index is 13.3. The molecule has 18 heavy (non-hydrogen) atoms. The van der Waals surface area contributed by atoms with Crippen molar-refractivity contribution in [3.63, 3.8) is 0 Å². The molecule has 0 saturated heterocycles.